The van der Waals surface area contributed by atoms with Gasteiger partial charge in [-0.3, -0.25) is 5.41 Å². The maximum absolute atomic E-state index is 14.2. The number of halogens is 6. The lowest BCUT2D eigenvalue weighted by molar-refractivity contribution is -0.288. The fourth-order valence-corrected chi connectivity index (χ4v) is 2.66. The number of rotatable bonds is 3. The van der Waals surface area contributed by atoms with Gasteiger partial charge in [0.15, 0.2) is 11.8 Å². The van der Waals surface area contributed by atoms with Crippen LogP contribution in [0, 0.1) is 11.2 Å². The molecule has 1 heterocycles. The van der Waals surface area contributed by atoms with Gasteiger partial charge in [-0.1, -0.05) is 18.2 Å². The molecule has 0 aliphatic heterocycles. The Hall–Kier alpha value is -3.37. The number of guanidine groups is 1. The topological polar surface area (TPSA) is 87.7 Å². The highest BCUT2D eigenvalue weighted by Crippen LogP contribution is 2.47. The van der Waals surface area contributed by atoms with Crippen molar-refractivity contribution in [1.82, 2.24) is 10.2 Å². The molecule has 0 unspecified atom stereocenters. The minimum absolute atomic E-state index is 0.0380. The maximum atomic E-state index is 14.2. The molecule has 2 aromatic carbocycles. The van der Waals surface area contributed by atoms with E-state index in [1.165, 1.54) is 18.2 Å². The van der Waals surface area contributed by atoms with Crippen molar-refractivity contribution in [3.63, 3.8) is 0 Å². The summed E-state index contributed by atoms with van der Waals surface area (Å²) >= 11 is 0. The molecule has 0 aliphatic rings. The third-order valence-electron chi connectivity index (χ3n) is 3.87. The number of fused-ring (bicyclic) bond motifs is 1. The zero-order valence-electron chi connectivity index (χ0n) is 13.8. The van der Waals surface area contributed by atoms with E-state index in [0.29, 0.717) is 6.07 Å². The number of alkyl halides is 5. The van der Waals surface area contributed by atoms with E-state index < -0.39 is 40.6 Å². The molecule has 28 heavy (non-hydrogen) atoms. The fourth-order valence-electron chi connectivity index (χ4n) is 2.66. The average Bonchev–Trinajstić information content (AvgIpc) is 2.61. The maximum Gasteiger partial charge on any atom is 0.458 e. The van der Waals surface area contributed by atoms with E-state index in [9.17, 15) is 26.3 Å². The normalized spacial score (nSPS) is 12.2. The number of aromatic nitrogens is 2. The van der Waals surface area contributed by atoms with E-state index in [1.54, 1.807) is 0 Å². The van der Waals surface area contributed by atoms with Gasteiger partial charge in [-0.15, -0.1) is 10.2 Å². The molecule has 0 fully saturated rings. The van der Waals surface area contributed by atoms with E-state index in [2.05, 4.69) is 15.5 Å². The predicted molar refractivity (Wildman–Crippen MR) is 90.4 cm³/mol. The summed E-state index contributed by atoms with van der Waals surface area (Å²) in [5, 5.41) is 16.1. The Morgan fingerprint density at radius 2 is 1.61 bits per heavy atom. The van der Waals surface area contributed by atoms with Crippen LogP contribution < -0.4 is 11.1 Å². The lowest BCUT2D eigenvalue weighted by atomic mass is 9.97. The van der Waals surface area contributed by atoms with Crippen LogP contribution in [0.25, 0.3) is 22.0 Å². The number of hydrogen-bond acceptors (Lipinski definition) is 3. The Balaban J connectivity index is 2.38. The number of nitrogens with two attached hydrogens (primary N) is 1. The Bertz CT molecular complexity index is 1050. The van der Waals surface area contributed by atoms with Crippen LogP contribution in [-0.2, 0) is 5.92 Å². The van der Waals surface area contributed by atoms with Crippen molar-refractivity contribution < 1.29 is 26.3 Å². The SMILES string of the molecule is N=C(N)Nc1nnc(-c2ccc(F)cc2)c2cccc(C(F)(F)C(F)(F)F)c12. The van der Waals surface area contributed by atoms with E-state index in [0.717, 1.165) is 18.2 Å². The van der Waals surface area contributed by atoms with Gasteiger partial charge in [0.25, 0.3) is 0 Å². The molecule has 0 saturated carbocycles. The van der Waals surface area contributed by atoms with Crippen LogP contribution in [0.5, 0.6) is 0 Å². The standard InChI is InChI=1S/C17H11F6N5/c18-9-6-4-8(5-7-9)13-10-2-1-3-11(16(19,20)17(21,22)23)12(10)14(28-27-13)26-15(24)25/h1-7H,(H4,24,25,26,28). The molecule has 0 spiro atoms. The highest BCUT2D eigenvalue weighted by Gasteiger charge is 2.59. The first kappa shape index (κ1) is 19.4. The first-order valence-corrected chi connectivity index (χ1v) is 7.64. The van der Waals surface area contributed by atoms with Gasteiger partial charge in [0.1, 0.15) is 11.5 Å². The average molecular weight is 399 g/mol. The third-order valence-corrected chi connectivity index (χ3v) is 3.87. The van der Waals surface area contributed by atoms with Gasteiger partial charge in [0.2, 0.25) is 0 Å². The van der Waals surface area contributed by atoms with Gasteiger partial charge in [-0.05, 0) is 24.3 Å². The van der Waals surface area contributed by atoms with E-state index in [-0.39, 0.29) is 16.6 Å². The fraction of sp³-hybridized carbons (Fsp3) is 0.118. The van der Waals surface area contributed by atoms with Gasteiger partial charge >= 0.3 is 12.1 Å². The molecule has 0 amide bonds. The second kappa shape index (κ2) is 6.66. The molecule has 1 aromatic heterocycles. The lowest BCUT2D eigenvalue weighted by Crippen LogP contribution is -2.34. The van der Waals surface area contributed by atoms with Crippen LogP contribution in [-0.4, -0.2) is 22.3 Å². The predicted octanol–water partition coefficient (Wildman–Crippen LogP) is 4.40. The first-order valence-electron chi connectivity index (χ1n) is 7.64. The van der Waals surface area contributed by atoms with Crippen LogP contribution in [0.3, 0.4) is 0 Å². The van der Waals surface area contributed by atoms with Crippen LogP contribution in [0.2, 0.25) is 0 Å². The summed E-state index contributed by atoms with van der Waals surface area (Å²) in [6.45, 7) is 0. The summed E-state index contributed by atoms with van der Waals surface area (Å²) in [4.78, 5) is 0. The van der Waals surface area contributed by atoms with Crippen molar-refractivity contribution in [3.05, 3.63) is 53.8 Å². The Labute approximate surface area is 153 Å². The monoisotopic (exact) mass is 399 g/mol. The second-order valence-corrected chi connectivity index (χ2v) is 5.74. The quantitative estimate of drug-likeness (QED) is 0.346. The first-order chi connectivity index (χ1) is 13.0. The van der Waals surface area contributed by atoms with E-state index in [1.807, 2.05) is 0 Å². The van der Waals surface area contributed by atoms with Crippen LogP contribution in [0.1, 0.15) is 5.56 Å². The van der Waals surface area contributed by atoms with Gasteiger partial charge < -0.3 is 11.1 Å². The molecule has 0 atom stereocenters. The van der Waals surface area contributed by atoms with Crippen molar-refractivity contribution in [3.8, 4) is 11.3 Å². The van der Waals surface area contributed by atoms with Gasteiger partial charge in [-0.2, -0.15) is 22.0 Å². The highest BCUT2D eigenvalue weighted by atomic mass is 19.4. The number of benzene rings is 2. The summed E-state index contributed by atoms with van der Waals surface area (Å²) in [5.41, 5.74) is 4.02. The largest absolute Gasteiger partial charge is 0.458 e. The summed E-state index contributed by atoms with van der Waals surface area (Å²) in [5.74, 6) is -7.04. The molecule has 11 heteroatoms. The molecule has 146 valence electrons. The molecule has 0 saturated heterocycles. The van der Waals surface area contributed by atoms with Crippen molar-refractivity contribution in [2.75, 3.05) is 5.32 Å². The van der Waals surface area contributed by atoms with Gasteiger partial charge in [0, 0.05) is 21.9 Å². The number of hydrogen-bond donors (Lipinski definition) is 3. The molecular formula is C17H11F6N5. The minimum atomic E-state index is -5.87. The molecule has 4 N–H and O–H groups in total. The van der Waals surface area contributed by atoms with Gasteiger partial charge in [0.05, 0.1) is 0 Å². The summed E-state index contributed by atoms with van der Waals surface area (Å²) in [6, 6.07) is 7.62. The smallest absolute Gasteiger partial charge is 0.370 e. The molecule has 3 aromatic rings. The van der Waals surface area contributed by atoms with Crippen LogP contribution >= 0.6 is 0 Å². The molecular weight excluding hydrogens is 388 g/mol. The molecule has 0 bridgehead atoms. The van der Waals surface area contributed by atoms with E-state index >= 15 is 0 Å². The number of anilines is 1. The van der Waals surface area contributed by atoms with Crippen molar-refractivity contribution in [1.29, 1.82) is 5.41 Å². The lowest BCUT2D eigenvalue weighted by Gasteiger charge is -2.22. The van der Waals surface area contributed by atoms with Crippen LogP contribution in [0.15, 0.2) is 42.5 Å². The Morgan fingerprint density at radius 1 is 0.964 bits per heavy atom. The summed E-state index contributed by atoms with van der Waals surface area (Å²) in [7, 11) is 0. The Kier molecular flexibility index (Phi) is 4.61. The molecule has 5 nitrogen and oxygen atoms in total. The third kappa shape index (κ3) is 3.30. The second-order valence-electron chi connectivity index (χ2n) is 5.74. The van der Waals surface area contributed by atoms with Crippen molar-refractivity contribution in [2.45, 2.75) is 12.1 Å². The minimum Gasteiger partial charge on any atom is -0.370 e. The zero-order valence-corrected chi connectivity index (χ0v) is 13.8. The summed E-state index contributed by atoms with van der Waals surface area (Å²) in [6.07, 6.45) is -5.87. The van der Waals surface area contributed by atoms with Crippen molar-refractivity contribution >= 4 is 22.5 Å². The zero-order chi connectivity index (χ0) is 20.7. The highest BCUT2D eigenvalue weighted by molar-refractivity contribution is 6.06. The Morgan fingerprint density at radius 3 is 2.18 bits per heavy atom. The van der Waals surface area contributed by atoms with Gasteiger partial charge in [-0.25, -0.2) is 4.39 Å². The van der Waals surface area contributed by atoms with Crippen LogP contribution in [0.4, 0.5) is 32.2 Å². The number of nitrogens with zero attached hydrogens (tertiary/aromatic N) is 2. The van der Waals surface area contributed by atoms with Crippen molar-refractivity contribution in [2.24, 2.45) is 5.73 Å². The summed E-state index contributed by atoms with van der Waals surface area (Å²) < 4.78 is 80.5. The molecule has 0 aliphatic carbocycles. The molecule has 3 rings (SSSR count). The van der Waals surface area contributed by atoms with E-state index in [4.69, 9.17) is 11.1 Å². The molecule has 0 radical (unpaired) electrons. The number of nitrogens with one attached hydrogen (secondary N) is 2.